The number of fused-ring (bicyclic) bond motifs is 1. The zero-order valence-corrected chi connectivity index (χ0v) is 13.5. The number of ether oxygens (including phenoxy) is 1. The second-order valence-electron chi connectivity index (χ2n) is 5.24. The molecule has 0 bridgehead atoms. The first-order valence-electron chi connectivity index (χ1n) is 7.34. The number of Topliss-reactive ketones (excluding diaryl/α,β-unsaturated/α-hetero) is 1. The Hall–Kier alpha value is -3.44. The number of carbonyl (C=O) groups excluding carboxylic acids is 5. The van der Waals surface area contributed by atoms with E-state index in [0.29, 0.717) is 0 Å². The second kappa shape index (κ2) is 7.85. The minimum Gasteiger partial charge on any atom is -0.454 e. The van der Waals surface area contributed by atoms with E-state index >= 15 is 0 Å². The SMILES string of the molecule is O=C(COC(=O)CN1C(=O)C(=O)c2ccccc21)NC(=O)NCC(F)(F)F. The molecule has 2 N–H and O–H groups in total. The number of halogens is 3. The van der Waals surface area contributed by atoms with Gasteiger partial charge in [-0.15, -0.1) is 0 Å². The minimum absolute atomic E-state index is 0.120. The maximum Gasteiger partial charge on any atom is 0.405 e. The Kier molecular flexibility index (Phi) is 5.78. The van der Waals surface area contributed by atoms with Crippen LogP contribution in [0.1, 0.15) is 10.4 Å². The molecule has 0 aromatic heterocycles. The summed E-state index contributed by atoms with van der Waals surface area (Å²) in [6.07, 6.45) is -4.65. The molecule has 0 radical (unpaired) electrons. The highest BCUT2D eigenvalue weighted by Gasteiger charge is 2.36. The summed E-state index contributed by atoms with van der Waals surface area (Å²) in [4.78, 5) is 58.7. The Bertz CT molecular complexity index is 808. The predicted octanol–water partition coefficient (Wildman–Crippen LogP) is 0.147. The van der Waals surface area contributed by atoms with Crippen LogP contribution >= 0.6 is 0 Å². The number of esters is 1. The molecule has 0 fully saturated rings. The number of benzene rings is 1. The van der Waals surface area contributed by atoms with Gasteiger partial charge in [0.2, 0.25) is 0 Å². The number of nitrogens with zero attached hydrogens (tertiary/aromatic N) is 1. The molecule has 144 valence electrons. The number of rotatable bonds is 5. The van der Waals surface area contributed by atoms with Crippen LogP contribution in [0.4, 0.5) is 23.7 Å². The number of ketones is 1. The Morgan fingerprint density at radius 1 is 1.11 bits per heavy atom. The lowest BCUT2D eigenvalue weighted by molar-refractivity contribution is -0.147. The van der Waals surface area contributed by atoms with Crippen molar-refractivity contribution < 1.29 is 41.9 Å². The topological polar surface area (TPSA) is 122 Å². The van der Waals surface area contributed by atoms with Gasteiger partial charge in [0.25, 0.3) is 17.6 Å². The highest BCUT2D eigenvalue weighted by molar-refractivity contribution is 6.52. The van der Waals surface area contributed by atoms with E-state index in [4.69, 9.17) is 0 Å². The van der Waals surface area contributed by atoms with Crippen LogP contribution in [0.15, 0.2) is 24.3 Å². The number of amides is 4. The Morgan fingerprint density at radius 3 is 2.44 bits per heavy atom. The van der Waals surface area contributed by atoms with E-state index in [-0.39, 0.29) is 11.3 Å². The fraction of sp³-hybridized carbons (Fsp3) is 0.267. The van der Waals surface area contributed by atoms with Crippen LogP contribution in [0, 0.1) is 0 Å². The number of hydrogen-bond acceptors (Lipinski definition) is 6. The lowest BCUT2D eigenvalue weighted by Crippen LogP contribution is -2.45. The number of alkyl halides is 3. The van der Waals surface area contributed by atoms with E-state index < -0.39 is 55.5 Å². The van der Waals surface area contributed by atoms with Crippen LogP contribution in [0.5, 0.6) is 0 Å². The molecule has 1 aliphatic rings. The van der Waals surface area contributed by atoms with Gasteiger partial charge in [0, 0.05) is 0 Å². The molecule has 1 heterocycles. The molecule has 9 nitrogen and oxygen atoms in total. The van der Waals surface area contributed by atoms with Crippen LogP contribution in [-0.4, -0.2) is 55.5 Å². The van der Waals surface area contributed by atoms with Crippen molar-refractivity contribution in [3.8, 4) is 0 Å². The molecule has 0 atom stereocenters. The number of anilines is 1. The fourth-order valence-electron chi connectivity index (χ4n) is 2.11. The van der Waals surface area contributed by atoms with Crippen LogP contribution in [0.25, 0.3) is 0 Å². The maximum atomic E-state index is 11.9. The van der Waals surface area contributed by atoms with Crippen molar-refractivity contribution in [3.63, 3.8) is 0 Å². The number of hydrogen-bond donors (Lipinski definition) is 2. The molecular weight excluding hydrogens is 375 g/mol. The molecule has 2 rings (SSSR count). The van der Waals surface area contributed by atoms with Crippen LogP contribution in [0.3, 0.4) is 0 Å². The van der Waals surface area contributed by atoms with Gasteiger partial charge in [-0.1, -0.05) is 12.1 Å². The van der Waals surface area contributed by atoms with Gasteiger partial charge in [-0.3, -0.25) is 29.4 Å². The number of imide groups is 1. The molecule has 0 unspecified atom stereocenters. The molecule has 1 aliphatic heterocycles. The molecule has 0 saturated heterocycles. The van der Waals surface area contributed by atoms with E-state index in [1.807, 2.05) is 0 Å². The molecule has 4 amide bonds. The van der Waals surface area contributed by atoms with E-state index in [1.54, 1.807) is 12.1 Å². The summed E-state index contributed by atoms with van der Waals surface area (Å²) in [6.45, 7) is -3.26. The Balaban J connectivity index is 1.81. The van der Waals surface area contributed by atoms with Gasteiger partial charge in [0.05, 0.1) is 11.3 Å². The highest BCUT2D eigenvalue weighted by atomic mass is 19.4. The summed E-state index contributed by atoms with van der Waals surface area (Å²) < 4.78 is 40.3. The normalized spacial score (nSPS) is 13.2. The standard InChI is InChI=1S/C15H12F3N3O6/c16-15(17,18)7-19-14(26)20-10(22)6-27-11(23)5-21-9-4-2-1-3-8(9)12(24)13(21)25/h1-4H,5-7H2,(H2,19,20,22,26). The van der Waals surface area contributed by atoms with E-state index in [1.165, 1.54) is 22.8 Å². The first kappa shape index (κ1) is 19.9. The lowest BCUT2D eigenvalue weighted by atomic mass is 10.1. The molecule has 0 saturated carbocycles. The fourth-order valence-corrected chi connectivity index (χ4v) is 2.11. The van der Waals surface area contributed by atoms with Gasteiger partial charge in [-0.05, 0) is 12.1 Å². The first-order chi connectivity index (χ1) is 12.6. The zero-order chi connectivity index (χ0) is 20.2. The van der Waals surface area contributed by atoms with Crippen molar-refractivity contribution in [1.29, 1.82) is 0 Å². The minimum atomic E-state index is -4.65. The molecule has 0 spiro atoms. The average Bonchev–Trinajstić information content (AvgIpc) is 2.83. The third-order valence-corrected chi connectivity index (χ3v) is 3.23. The highest BCUT2D eigenvalue weighted by Crippen LogP contribution is 2.28. The first-order valence-corrected chi connectivity index (χ1v) is 7.34. The van der Waals surface area contributed by atoms with E-state index in [9.17, 15) is 37.1 Å². The summed E-state index contributed by atoms with van der Waals surface area (Å²) in [5, 5.41) is 2.93. The molecule has 12 heteroatoms. The monoisotopic (exact) mass is 387 g/mol. The number of carbonyl (C=O) groups is 5. The summed E-state index contributed by atoms with van der Waals surface area (Å²) in [5.41, 5.74) is 0.329. The smallest absolute Gasteiger partial charge is 0.405 e. The third-order valence-electron chi connectivity index (χ3n) is 3.23. The van der Waals surface area contributed by atoms with Crippen LogP contribution < -0.4 is 15.5 Å². The van der Waals surface area contributed by atoms with E-state index in [0.717, 1.165) is 4.90 Å². The number of urea groups is 1. The molecule has 0 aliphatic carbocycles. The van der Waals surface area contributed by atoms with Gasteiger partial charge in [-0.25, -0.2) is 4.79 Å². The quantitative estimate of drug-likeness (QED) is 0.548. The van der Waals surface area contributed by atoms with Crippen molar-refractivity contribution in [2.45, 2.75) is 6.18 Å². The van der Waals surface area contributed by atoms with Crippen LogP contribution in [0.2, 0.25) is 0 Å². The second-order valence-corrected chi connectivity index (χ2v) is 5.24. The largest absolute Gasteiger partial charge is 0.454 e. The molecule has 1 aromatic carbocycles. The van der Waals surface area contributed by atoms with Crippen LogP contribution in [-0.2, 0) is 19.1 Å². The van der Waals surface area contributed by atoms with Crippen molar-refractivity contribution in [3.05, 3.63) is 29.8 Å². The Labute approximate surface area is 149 Å². The maximum absolute atomic E-state index is 11.9. The summed E-state index contributed by atoms with van der Waals surface area (Å²) >= 11 is 0. The average molecular weight is 387 g/mol. The molecule has 27 heavy (non-hydrogen) atoms. The van der Waals surface area contributed by atoms with Gasteiger partial charge >= 0.3 is 18.2 Å². The van der Waals surface area contributed by atoms with Gasteiger partial charge in [0.1, 0.15) is 13.1 Å². The van der Waals surface area contributed by atoms with Crippen molar-refractivity contribution in [2.75, 3.05) is 24.6 Å². The van der Waals surface area contributed by atoms with Crippen molar-refractivity contribution in [2.24, 2.45) is 0 Å². The predicted molar refractivity (Wildman–Crippen MR) is 81.7 cm³/mol. The summed E-state index contributed by atoms with van der Waals surface area (Å²) in [6, 6.07) is 4.54. The third kappa shape index (κ3) is 5.26. The van der Waals surface area contributed by atoms with E-state index in [2.05, 4.69) is 4.74 Å². The summed E-state index contributed by atoms with van der Waals surface area (Å²) in [5.74, 6) is -3.97. The molecular formula is C15H12F3N3O6. The number of nitrogens with one attached hydrogen (secondary N) is 2. The van der Waals surface area contributed by atoms with Gasteiger partial charge in [0.15, 0.2) is 6.61 Å². The van der Waals surface area contributed by atoms with Crippen molar-refractivity contribution in [1.82, 2.24) is 10.6 Å². The Morgan fingerprint density at radius 2 is 1.78 bits per heavy atom. The van der Waals surface area contributed by atoms with Crippen molar-refractivity contribution >= 4 is 35.3 Å². The molecule has 1 aromatic rings. The zero-order valence-electron chi connectivity index (χ0n) is 13.5. The van der Waals surface area contributed by atoms with Gasteiger partial charge in [-0.2, -0.15) is 13.2 Å². The lowest BCUT2D eigenvalue weighted by Gasteiger charge is -2.15. The van der Waals surface area contributed by atoms with Gasteiger partial charge < -0.3 is 10.1 Å². The summed E-state index contributed by atoms with van der Waals surface area (Å²) in [7, 11) is 0. The number of para-hydroxylation sites is 1.